The van der Waals surface area contributed by atoms with Crippen molar-refractivity contribution in [3.8, 4) is 0 Å². The molecule has 0 aromatic heterocycles. The minimum absolute atomic E-state index is 0.0836. The summed E-state index contributed by atoms with van der Waals surface area (Å²) in [6.45, 7) is 6.50. The third-order valence-electron chi connectivity index (χ3n) is 12.2. The molecular weight excluding hydrogens is 829 g/mol. The number of rotatable bonds is 51. The van der Waals surface area contributed by atoms with Crippen molar-refractivity contribution in [1.82, 2.24) is 0 Å². The van der Waals surface area contributed by atoms with Crippen LogP contribution in [0.5, 0.6) is 0 Å². The Bertz CT molecular complexity index is 1260. The molecule has 386 valence electrons. The highest BCUT2D eigenvalue weighted by Gasteiger charge is 2.19. The second-order valence-corrected chi connectivity index (χ2v) is 18.8. The molecule has 1 atom stereocenters. The van der Waals surface area contributed by atoms with Gasteiger partial charge in [-0.2, -0.15) is 0 Å². The molecule has 67 heavy (non-hydrogen) atoms. The molecule has 0 bridgehead atoms. The maximum absolute atomic E-state index is 12.8. The van der Waals surface area contributed by atoms with Crippen molar-refractivity contribution in [2.45, 2.75) is 284 Å². The Morgan fingerprint density at radius 2 is 0.582 bits per heavy atom. The van der Waals surface area contributed by atoms with Crippen molar-refractivity contribution >= 4 is 17.9 Å². The standard InChI is InChI=1S/C61H106O6/c1-4-7-10-13-16-19-22-25-27-29-30-32-34-37-39-42-45-48-51-54-60(63)66-57-58(67-61(64)55-52-49-46-43-40-35-24-21-18-15-12-9-6-3)56-65-59(62)53-50-47-44-41-38-36-33-31-28-26-23-20-17-14-11-8-5-2/h8,11,16-17,19-20,25-28,33,36,58H,4-7,9-10,12-15,18,21-24,29-32,34-35,37-57H2,1-3H3/b11-8-,19-16-,20-17-,27-25-,28-26-,36-33-/t58-/m1/s1. The monoisotopic (exact) mass is 935 g/mol. The first-order valence-electron chi connectivity index (χ1n) is 28.4. The van der Waals surface area contributed by atoms with Gasteiger partial charge < -0.3 is 14.2 Å². The van der Waals surface area contributed by atoms with E-state index in [0.29, 0.717) is 19.3 Å². The third kappa shape index (κ3) is 53.7. The molecule has 0 unspecified atom stereocenters. The van der Waals surface area contributed by atoms with Gasteiger partial charge in [-0.3, -0.25) is 14.4 Å². The van der Waals surface area contributed by atoms with Crippen LogP contribution < -0.4 is 0 Å². The molecule has 0 fully saturated rings. The van der Waals surface area contributed by atoms with E-state index in [0.717, 1.165) is 103 Å². The Balaban J connectivity index is 4.38. The van der Waals surface area contributed by atoms with Crippen LogP contribution in [0.25, 0.3) is 0 Å². The summed E-state index contributed by atoms with van der Waals surface area (Å²) in [5.74, 6) is -0.903. The molecule has 0 heterocycles. The highest BCUT2D eigenvalue weighted by Crippen LogP contribution is 2.16. The Kier molecular flexibility index (Phi) is 52.8. The maximum atomic E-state index is 12.8. The van der Waals surface area contributed by atoms with Crippen molar-refractivity contribution in [1.29, 1.82) is 0 Å². The molecule has 6 nitrogen and oxygen atoms in total. The lowest BCUT2D eigenvalue weighted by atomic mass is 10.0. The molecule has 0 N–H and O–H groups in total. The summed E-state index contributed by atoms with van der Waals surface area (Å²) in [6.07, 6.45) is 70.3. The van der Waals surface area contributed by atoms with Gasteiger partial charge in [-0.05, 0) is 89.9 Å². The van der Waals surface area contributed by atoms with Crippen LogP contribution in [0.3, 0.4) is 0 Å². The van der Waals surface area contributed by atoms with E-state index in [1.807, 2.05) is 0 Å². The van der Waals surface area contributed by atoms with Crippen LogP contribution in [0.4, 0.5) is 0 Å². The van der Waals surface area contributed by atoms with Gasteiger partial charge in [0.15, 0.2) is 6.10 Å². The number of unbranched alkanes of at least 4 members (excludes halogenated alkanes) is 28. The predicted octanol–water partition coefficient (Wildman–Crippen LogP) is 19.0. The van der Waals surface area contributed by atoms with E-state index < -0.39 is 6.10 Å². The topological polar surface area (TPSA) is 78.9 Å². The molecule has 0 aromatic rings. The van der Waals surface area contributed by atoms with E-state index in [1.165, 1.54) is 135 Å². The van der Waals surface area contributed by atoms with Gasteiger partial charge in [0.2, 0.25) is 0 Å². The number of hydrogen-bond donors (Lipinski definition) is 0. The smallest absolute Gasteiger partial charge is 0.306 e. The second kappa shape index (κ2) is 55.4. The van der Waals surface area contributed by atoms with E-state index >= 15 is 0 Å². The van der Waals surface area contributed by atoms with Crippen molar-refractivity contribution in [2.75, 3.05) is 13.2 Å². The van der Waals surface area contributed by atoms with Gasteiger partial charge >= 0.3 is 17.9 Å². The van der Waals surface area contributed by atoms with E-state index in [2.05, 4.69) is 93.7 Å². The average molecular weight is 936 g/mol. The minimum Gasteiger partial charge on any atom is -0.462 e. The fourth-order valence-electron chi connectivity index (χ4n) is 7.93. The van der Waals surface area contributed by atoms with Crippen LogP contribution in [0.1, 0.15) is 278 Å². The van der Waals surface area contributed by atoms with E-state index in [1.54, 1.807) is 0 Å². The Morgan fingerprint density at radius 1 is 0.313 bits per heavy atom. The lowest BCUT2D eigenvalue weighted by molar-refractivity contribution is -0.167. The lowest BCUT2D eigenvalue weighted by Crippen LogP contribution is -2.30. The number of allylic oxidation sites excluding steroid dienone is 12. The Morgan fingerprint density at radius 3 is 0.940 bits per heavy atom. The van der Waals surface area contributed by atoms with Crippen molar-refractivity contribution < 1.29 is 28.6 Å². The molecule has 0 saturated heterocycles. The number of carbonyl (C=O) groups is 3. The highest BCUT2D eigenvalue weighted by molar-refractivity contribution is 5.71. The molecular formula is C61H106O6. The quantitative estimate of drug-likeness (QED) is 0.0262. The zero-order valence-corrected chi connectivity index (χ0v) is 44.2. The molecule has 6 heteroatoms. The van der Waals surface area contributed by atoms with Crippen LogP contribution in [0.15, 0.2) is 72.9 Å². The van der Waals surface area contributed by atoms with E-state index in [4.69, 9.17) is 14.2 Å². The lowest BCUT2D eigenvalue weighted by Gasteiger charge is -2.18. The summed E-state index contributed by atoms with van der Waals surface area (Å²) in [6, 6.07) is 0. The molecule has 0 aliphatic rings. The number of carbonyl (C=O) groups excluding carboxylic acids is 3. The number of hydrogen-bond acceptors (Lipinski definition) is 6. The Labute approximate surface area is 414 Å². The first kappa shape index (κ1) is 63.8. The van der Waals surface area contributed by atoms with Crippen LogP contribution in [0.2, 0.25) is 0 Å². The van der Waals surface area contributed by atoms with Crippen LogP contribution >= 0.6 is 0 Å². The van der Waals surface area contributed by atoms with Gasteiger partial charge in [0, 0.05) is 19.3 Å². The first-order chi connectivity index (χ1) is 33.0. The third-order valence-corrected chi connectivity index (χ3v) is 12.2. The summed E-state index contributed by atoms with van der Waals surface area (Å²) in [4.78, 5) is 38.1. The highest BCUT2D eigenvalue weighted by atomic mass is 16.6. The molecule has 0 aromatic carbocycles. The molecule has 0 rings (SSSR count). The number of esters is 3. The first-order valence-corrected chi connectivity index (χ1v) is 28.4. The average Bonchev–Trinajstić information content (AvgIpc) is 3.33. The molecule has 0 saturated carbocycles. The molecule has 0 amide bonds. The second-order valence-electron chi connectivity index (χ2n) is 18.8. The number of ether oxygens (including phenoxy) is 3. The van der Waals surface area contributed by atoms with Crippen molar-refractivity contribution in [2.24, 2.45) is 0 Å². The van der Waals surface area contributed by atoms with Crippen LogP contribution in [-0.4, -0.2) is 37.2 Å². The zero-order chi connectivity index (χ0) is 48.6. The van der Waals surface area contributed by atoms with Gasteiger partial charge in [-0.15, -0.1) is 0 Å². The molecule has 0 aliphatic heterocycles. The maximum Gasteiger partial charge on any atom is 0.306 e. The largest absolute Gasteiger partial charge is 0.462 e. The SMILES string of the molecule is CC/C=C\C/C=C\C/C=C\C/C=C\CCCCCCC(=O)OC[C@H](COC(=O)CCCCCCCCCCC/C=C\C/C=C\CCCCC)OC(=O)CCCCCCCCCCCCCCC. The van der Waals surface area contributed by atoms with Crippen LogP contribution in [0, 0.1) is 0 Å². The van der Waals surface area contributed by atoms with Gasteiger partial charge in [0.25, 0.3) is 0 Å². The van der Waals surface area contributed by atoms with Gasteiger partial charge in [-0.1, -0.05) is 241 Å². The summed E-state index contributed by atoms with van der Waals surface area (Å²) in [5.41, 5.74) is 0. The van der Waals surface area contributed by atoms with Gasteiger partial charge in [-0.25, -0.2) is 0 Å². The summed E-state index contributed by atoms with van der Waals surface area (Å²) >= 11 is 0. The Hall–Kier alpha value is -3.15. The van der Waals surface area contributed by atoms with Crippen molar-refractivity contribution in [3.63, 3.8) is 0 Å². The summed E-state index contributed by atoms with van der Waals surface area (Å²) in [5, 5.41) is 0. The minimum atomic E-state index is -0.785. The fraction of sp³-hybridized carbons (Fsp3) is 0.754. The van der Waals surface area contributed by atoms with Crippen molar-refractivity contribution in [3.05, 3.63) is 72.9 Å². The van der Waals surface area contributed by atoms with Crippen LogP contribution in [-0.2, 0) is 28.6 Å². The molecule has 0 radical (unpaired) electrons. The van der Waals surface area contributed by atoms with Gasteiger partial charge in [0.1, 0.15) is 13.2 Å². The normalized spacial score (nSPS) is 12.6. The van der Waals surface area contributed by atoms with E-state index in [-0.39, 0.29) is 31.1 Å². The van der Waals surface area contributed by atoms with E-state index in [9.17, 15) is 14.4 Å². The van der Waals surface area contributed by atoms with Gasteiger partial charge in [0.05, 0.1) is 0 Å². The molecule has 0 spiro atoms. The zero-order valence-electron chi connectivity index (χ0n) is 44.2. The summed E-state index contributed by atoms with van der Waals surface area (Å²) < 4.78 is 16.8. The fourth-order valence-corrected chi connectivity index (χ4v) is 7.93. The molecule has 0 aliphatic carbocycles. The summed E-state index contributed by atoms with van der Waals surface area (Å²) in [7, 11) is 0. The predicted molar refractivity (Wildman–Crippen MR) is 288 cm³/mol.